The van der Waals surface area contributed by atoms with E-state index in [4.69, 9.17) is 0 Å². The van der Waals surface area contributed by atoms with E-state index in [2.05, 4.69) is 10.6 Å². The van der Waals surface area contributed by atoms with Crippen LogP contribution in [0.15, 0.2) is 0 Å². The van der Waals surface area contributed by atoms with E-state index in [1.807, 2.05) is 0 Å². The van der Waals surface area contributed by atoms with Crippen LogP contribution in [0.1, 0.15) is 20.3 Å². The van der Waals surface area contributed by atoms with Gasteiger partial charge in [-0.25, -0.2) is 4.79 Å². The lowest BCUT2D eigenvalue weighted by atomic mass is 10.0. The lowest BCUT2D eigenvalue weighted by molar-refractivity contribution is -0.133. The molecule has 2 fully saturated rings. The second-order valence-corrected chi connectivity index (χ2v) is 5.39. The van der Waals surface area contributed by atoms with Gasteiger partial charge in [-0.15, -0.1) is 0 Å². The molecule has 0 saturated carbocycles. The van der Waals surface area contributed by atoms with Gasteiger partial charge in [-0.1, -0.05) is 0 Å². The normalized spacial score (nSPS) is 23.3. The summed E-state index contributed by atoms with van der Waals surface area (Å²) in [5.74, 6) is -0.468. The van der Waals surface area contributed by atoms with Crippen molar-refractivity contribution in [2.75, 3.05) is 32.7 Å². The van der Waals surface area contributed by atoms with Crippen molar-refractivity contribution in [1.29, 1.82) is 0 Å². The highest BCUT2D eigenvalue weighted by Crippen LogP contribution is 2.20. The van der Waals surface area contributed by atoms with E-state index in [-0.39, 0.29) is 18.4 Å². The summed E-state index contributed by atoms with van der Waals surface area (Å²) in [6.07, 6.45) is 0.903. The van der Waals surface area contributed by atoms with Crippen LogP contribution in [0.4, 0.5) is 4.79 Å². The van der Waals surface area contributed by atoms with E-state index >= 15 is 0 Å². The number of urea groups is 1. The van der Waals surface area contributed by atoms with E-state index in [1.54, 1.807) is 18.7 Å². The van der Waals surface area contributed by atoms with Crippen molar-refractivity contribution in [1.82, 2.24) is 20.4 Å². The highest BCUT2D eigenvalue weighted by molar-refractivity contribution is 6.07. The fraction of sp³-hybridized carbons (Fsp3) is 0.750. The molecule has 4 amide bonds. The number of carbonyl (C=O) groups excluding carboxylic acids is 3. The van der Waals surface area contributed by atoms with E-state index in [1.165, 1.54) is 4.90 Å². The largest absolute Gasteiger partial charge is 0.340 e. The number of nitrogens with one attached hydrogen (secondary N) is 2. The average molecular weight is 268 g/mol. The fourth-order valence-corrected chi connectivity index (χ4v) is 2.29. The Morgan fingerprint density at radius 2 is 2.00 bits per heavy atom. The molecule has 0 aromatic carbocycles. The maximum atomic E-state index is 12.2. The Balaban J connectivity index is 2.01. The van der Waals surface area contributed by atoms with Gasteiger partial charge in [0, 0.05) is 19.6 Å². The summed E-state index contributed by atoms with van der Waals surface area (Å²) in [6, 6.07) is -0.490. The Hall–Kier alpha value is -1.63. The summed E-state index contributed by atoms with van der Waals surface area (Å²) in [6.45, 7) is 6.23. The van der Waals surface area contributed by atoms with Gasteiger partial charge in [0.05, 0.1) is 0 Å². The molecule has 0 spiro atoms. The maximum Gasteiger partial charge on any atom is 0.325 e. The molecule has 0 unspecified atom stereocenters. The number of rotatable bonds is 2. The van der Waals surface area contributed by atoms with Crippen LogP contribution in [0, 0.1) is 0 Å². The third-order valence-corrected chi connectivity index (χ3v) is 3.68. The van der Waals surface area contributed by atoms with Crippen LogP contribution in [0.5, 0.6) is 0 Å². The lowest BCUT2D eigenvalue weighted by Crippen LogP contribution is -2.50. The van der Waals surface area contributed by atoms with Gasteiger partial charge >= 0.3 is 6.03 Å². The zero-order chi connectivity index (χ0) is 14.0. The predicted molar refractivity (Wildman–Crippen MR) is 68.4 cm³/mol. The molecule has 2 saturated heterocycles. The predicted octanol–water partition coefficient (Wildman–Crippen LogP) is -0.861. The number of hydrogen-bond acceptors (Lipinski definition) is 4. The molecule has 7 heteroatoms. The molecule has 2 rings (SSSR count). The molecule has 0 aromatic rings. The minimum Gasteiger partial charge on any atom is -0.340 e. The van der Waals surface area contributed by atoms with Crippen molar-refractivity contribution in [2.45, 2.75) is 25.8 Å². The molecule has 2 N–H and O–H groups in total. The summed E-state index contributed by atoms with van der Waals surface area (Å²) in [7, 11) is 0. The number of amides is 4. The Morgan fingerprint density at radius 1 is 1.26 bits per heavy atom. The molecular weight excluding hydrogens is 248 g/mol. The molecule has 0 aliphatic carbocycles. The number of carbonyl (C=O) groups is 3. The fourth-order valence-electron chi connectivity index (χ4n) is 2.29. The quantitative estimate of drug-likeness (QED) is 0.638. The summed E-state index contributed by atoms with van der Waals surface area (Å²) in [5, 5.41) is 5.46. The van der Waals surface area contributed by atoms with Crippen LogP contribution in [0.3, 0.4) is 0 Å². The number of nitrogens with zero attached hydrogens (tertiary/aromatic N) is 2. The first kappa shape index (κ1) is 13.8. The SMILES string of the molecule is CC1(C)C(=O)NC(=O)N1CC(=O)N1CCCNCC1. The average Bonchev–Trinajstić information content (AvgIpc) is 2.59. The third kappa shape index (κ3) is 2.70. The summed E-state index contributed by atoms with van der Waals surface area (Å²) >= 11 is 0. The molecule has 2 aliphatic rings. The highest BCUT2D eigenvalue weighted by atomic mass is 16.2. The summed E-state index contributed by atoms with van der Waals surface area (Å²) < 4.78 is 0. The van der Waals surface area contributed by atoms with Crippen LogP contribution in [-0.4, -0.2) is 65.9 Å². The number of hydrogen-bond donors (Lipinski definition) is 2. The van der Waals surface area contributed by atoms with Gasteiger partial charge in [-0.3, -0.25) is 14.9 Å². The lowest BCUT2D eigenvalue weighted by Gasteiger charge is -2.30. The first-order valence-electron chi connectivity index (χ1n) is 6.54. The monoisotopic (exact) mass is 268 g/mol. The van der Waals surface area contributed by atoms with E-state index in [0.717, 1.165) is 19.5 Å². The first-order chi connectivity index (χ1) is 8.93. The van der Waals surface area contributed by atoms with Gasteiger partial charge < -0.3 is 15.1 Å². The van der Waals surface area contributed by atoms with Crippen LogP contribution in [0.25, 0.3) is 0 Å². The molecule has 2 heterocycles. The van der Waals surface area contributed by atoms with Gasteiger partial charge in [0.25, 0.3) is 5.91 Å². The van der Waals surface area contributed by atoms with Crippen molar-refractivity contribution < 1.29 is 14.4 Å². The zero-order valence-electron chi connectivity index (χ0n) is 11.4. The molecular formula is C12H20N4O3. The molecule has 0 aromatic heterocycles. The Kier molecular flexibility index (Phi) is 3.75. The van der Waals surface area contributed by atoms with Crippen LogP contribution in [0.2, 0.25) is 0 Å². The van der Waals surface area contributed by atoms with Gasteiger partial charge in [0.1, 0.15) is 12.1 Å². The molecule has 19 heavy (non-hydrogen) atoms. The molecule has 0 radical (unpaired) electrons. The zero-order valence-corrected chi connectivity index (χ0v) is 11.4. The van der Waals surface area contributed by atoms with Gasteiger partial charge in [0.15, 0.2) is 0 Å². The molecule has 2 aliphatic heterocycles. The second kappa shape index (κ2) is 5.16. The number of imide groups is 1. The minimum atomic E-state index is -0.961. The molecule has 106 valence electrons. The molecule has 7 nitrogen and oxygen atoms in total. The van der Waals surface area contributed by atoms with Crippen molar-refractivity contribution in [3.63, 3.8) is 0 Å². The highest BCUT2D eigenvalue weighted by Gasteiger charge is 2.46. The molecule has 0 atom stereocenters. The topological polar surface area (TPSA) is 81.8 Å². The smallest absolute Gasteiger partial charge is 0.325 e. The summed E-state index contributed by atoms with van der Waals surface area (Å²) in [5.41, 5.74) is -0.961. The van der Waals surface area contributed by atoms with Crippen LogP contribution < -0.4 is 10.6 Å². The second-order valence-electron chi connectivity index (χ2n) is 5.39. The van der Waals surface area contributed by atoms with Crippen molar-refractivity contribution in [3.05, 3.63) is 0 Å². The Bertz CT molecular complexity index is 400. The standard InChI is InChI=1S/C12H20N4O3/c1-12(2)10(18)14-11(19)16(12)8-9(17)15-6-3-4-13-5-7-15/h13H,3-8H2,1-2H3,(H,14,18,19). The first-order valence-corrected chi connectivity index (χ1v) is 6.54. The molecule has 0 bridgehead atoms. The summed E-state index contributed by atoms with van der Waals surface area (Å²) in [4.78, 5) is 38.6. The van der Waals surface area contributed by atoms with Crippen molar-refractivity contribution >= 4 is 17.8 Å². The van der Waals surface area contributed by atoms with Crippen LogP contribution in [-0.2, 0) is 9.59 Å². The van der Waals surface area contributed by atoms with E-state index in [0.29, 0.717) is 13.1 Å². The van der Waals surface area contributed by atoms with Gasteiger partial charge in [-0.05, 0) is 26.8 Å². The maximum absolute atomic E-state index is 12.2. The Labute approximate surface area is 112 Å². The minimum absolute atomic E-state index is 0.0510. The Morgan fingerprint density at radius 3 is 2.63 bits per heavy atom. The van der Waals surface area contributed by atoms with Gasteiger partial charge in [0.2, 0.25) is 5.91 Å². The van der Waals surface area contributed by atoms with Crippen LogP contribution >= 0.6 is 0 Å². The van der Waals surface area contributed by atoms with E-state index in [9.17, 15) is 14.4 Å². The van der Waals surface area contributed by atoms with Gasteiger partial charge in [-0.2, -0.15) is 0 Å². The third-order valence-electron chi connectivity index (χ3n) is 3.68. The van der Waals surface area contributed by atoms with Crippen molar-refractivity contribution in [2.24, 2.45) is 0 Å². The van der Waals surface area contributed by atoms with Crippen molar-refractivity contribution in [3.8, 4) is 0 Å². The van der Waals surface area contributed by atoms with E-state index < -0.39 is 11.6 Å².